The number of ether oxygens (including phenoxy) is 2. The molecule has 0 bridgehead atoms. The van der Waals surface area contributed by atoms with E-state index in [0.29, 0.717) is 19.7 Å². The number of nitrogens with two attached hydrogens (primary N) is 1. The molecule has 6 nitrogen and oxygen atoms in total. The van der Waals surface area contributed by atoms with E-state index < -0.39 is 11.7 Å². The number of nitrogens with one attached hydrogen (secondary N) is 1. The van der Waals surface area contributed by atoms with E-state index in [1.165, 1.54) is 30.3 Å². The van der Waals surface area contributed by atoms with Crippen molar-refractivity contribution in [3.8, 4) is 17.2 Å². The molecule has 0 aliphatic carbocycles. The number of carbonyl (C=O) groups is 1. The Morgan fingerprint density at radius 1 is 1.27 bits per heavy atom. The van der Waals surface area contributed by atoms with E-state index in [9.17, 15) is 14.3 Å². The number of halogens is 1. The average Bonchev–Trinajstić information content (AvgIpc) is 2.56. The second-order valence-corrected chi connectivity index (χ2v) is 6.01. The van der Waals surface area contributed by atoms with Crippen LogP contribution >= 0.6 is 0 Å². The van der Waals surface area contributed by atoms with Gasteiger partial charge < -0.3 is 25.6 Å². The Hall–Kier alpha value is -2.64. The van der Waals surface area contributed by atoms with Crippen molar-refractivity contribution in [2.45, 2.75) is 26.5 Å². The lowest BCUT2D eigenvalue weighted by atomic mass is 10.2. The number of rotatable bonds is 9. The van der Waals surface area contributed by atoms with Gasteiger partial charge in [0.05, 0.1) is 18.3 Å². The molecule has 0 aliphatic heterocycles. The van der Waals surface area contributed by atoms with Crippen LogP contribution < -0.4 is 15.8 Å². The Labute approximate surface area is 151 Å². The van der Waals surface area contributed by atoms with Gasteiger partial charge in [-0.25, -0.2) is 4.39 Å². The van der Waals surface area contributed by atoms with Crippen molar-refractivity contribution in [3.05, 3.63) is 53.3 Å². The maximum Gasteiger partial charge on any atom is 0.252 e. The normalized spacial score (nSPS) is 10.9. The van der Waals surface area contributed by atoms with E-state index in [2.05, 4.69) is 5.32 Å². The predicted octanol–water partition coefficient (Wildman–Crippen LogP) is 2.94. The summed E-state index contributed by atoms with van der Waals surface area (Å²) in [7, 11) is 0. The van der Waals surface area contributed by atoms with E-state index in [0.717, 1.165) is 5.56 Å². The molecule has 2 aromatic carbocycles. The summed E-state index contributed by atoms with van der Waals surface area (Å²) in [5, 5.41) is 12.9. The Kier molecular flexibility index (Phi) is 6.94. The van der Waals surface area contributed by atoms with Gasteiger partial charge in [0, 0.05) is 19.2 Å². The molecule has 0 fully saturated rings. The van der Waals surface area contributed by atoms with Crippen molar-refractivity contribution in [2.24, 2.45) is 5.73 Å². The topological polar surface area (TPSA) is 93.8 Å². The maximum absolute atomic E-state index is 14.2. The Morgan fingerprint density at radius 3 is 2.65 bits per heavy atom. The molecular formula is C19H23FN2O4. The van der Waals surface area contributed by atoms with Crippen LogP contribution in [0, 0.1) is 5.82 Å². The molecule has 0 aliphatic rings. The standard InChI is InChI=1S/C19H23FN2O4/c1-12(2)25-8-7-22-11-13-3-6-18(16(20)9-13)26-14-4-5-15(19(21)24)17(23)10-14/h3-6,9-10,12,22-23H,7-8,11H2,1-2H3,(H2,21,24). The van der Waals surface area contributed by atoms with Gasteiger partial charge in [-0.05, 0) is 43.7 Å². The molecule has 0 atom stereocenters. The summed E-state index contributed by atoms with van der Waals surface area (Å²) in [5.41, 5.74) is 5.86. The first-order chi connectivity index (χ1) is 12.4. The van der Waals surface area contributed by atoms with E-state index in [-0.39, 0.29) is 28.9 Å². The zero-order valence-corrected chi connectivity index (χ0v) is 14.8. The second-order valence-electron chi connectivity index (χ2n) is 6.01. The number of carbonyl (C=O) groups excluding carboxylic acids is 1. The molecule has 4 N–H and O–H groups in total. The van der Waals surface area contributed by atoms with Gasteiger partial charge in [0.15, 0.2) is 11.6 Å². The first kappa shape index (κ1) is 19.7. The lowest BCUT2D eigenvalue weighted by molar-refractivity contribution is 0.0807. The highest BCUT2D eigenvalue weighted by molar-refractivity contribution is 5.95. The van der Waals surface area contributed by atoms with Crippen molar-refractivity contribution < 1.29 is 23.8 Å². The first-order valence-electron chi connectivity index (χ1n) is 8.28. The fraction of sp³-hybridized carbons (Fsp3) is 0.316. The number of hydrogen-bond acceptors (Lipinski definition) is 5. The van der Waals surface area contributed by atoms with Crippen molar-refractivity contribution in [3.63, 3.8) is 0 Å². The van der Waals surface area contributed by atoms with Gasteiger partial charge in [-0.1, -0.05) is 6.07 Å². The minimum absolute atomic E-state index is 0.0168. The Bertz CT molecular complexity index is 765. The minimum Gasteiger partial charge on any atom is -0.507 e. The van der Waals surface area contributed by atoms with Crippen LogP contribution in [0.2, 0.25) is 0 Å². The molecule has 140 valence electrons. The zero-order valence-electron chi connectivity index (χ0n) is 14.8. The summed E-state index contributed by atoms with van der Waals surface area (Å²) in [6, 6.07) is 8.60. The molecule has 7 heteroatoms. The van der Waals surface area contributed by atoms with Crippen LogP contribution in [0.1, 0.15) is 29.8 Å². The lowest BCUT2D eigenvalue weighted by Crippen LogP contribution is -2.21. The molecule has 0 unspecified atom stereocenters. The van der Waals surface area contributed by atoms with Gasteiger partial charge in [-0.15, -0.1) is 0 Å². The summed E-state index contributed by atoms with van der Waals surface area (Å²) in [6.45, 7) is 5.70. The SMILES string of the molecule is CC(C)OCCNCc1ccc(Oc2ccc(C(N)=O)c(O)c2)c(F)c1. The van der Waals surface area contributed by atoms with Crippen molar-refractivity contribution in [1.29, 1.82) is 0 Å². The molecule has 0 saturated carbocycles. The summed E-state index contributed by atoms with van der Waals surface area (Å²) in [6.07, 6.45) is 0.183. The molecule has 0 spiro atoms. The maximum atomic E-state index is 14.2. The third-order valence-corrected chi connectivity index (χ3v) is 3.52. The third kappa shape index (κ3) is 5.72. The molecule has 0 aromatic heterocycles. The number of aromatic hydroxyl groups is 1. The van der Waals surface area contributed by atoms with Crippen LogP contribution in [-0.2, 0) is 11.3 Å². The second kappa shape index (κ2) is 9.17. The Balaban J connectivity index is 1.95. The molecule has 1 amide bonds. The number of benzene rings is 2. The smallest absolute Gasteiger partial charge is 0.252 e. The van der Waals surface area contributed by atoms with Gasteiger partial charge in [0.25, 0.3) is 5.91 Å². The van der Waals surface area contributed by atoms with Gasteiger partial charge in [-0.3, -0.25) is 4.79 Å². The summed E-state index contributed by atoms with van der Waals surface area (Å²) < 4.78 is 25.0. The van der Waals surface area contributed by atoms with Gasteiger partial charge in [0.2, 0.25) is 0 Å². The number of hydrogen-bond donors (Lipinski definition) is 3. The minimum atomic E-state index is -0.754. The van der Waals surface area contributed by atoms with Crippen LogP contribution in [0.3, 0.4) is 0 Å². The number of phenols is 1. The lowest BCUT2D eigenvalue weighted by Gasteiger charge is -2.11. The van der Waals surface area contributed by atoms with Crippen LogP contribution in [0.4, 0.5) is 4.39 Å². The highest BCUT2D eigenvalue weighted by Gasteiger charge is 2.11. The van der Waals surface area contributed by atoms with Crippen molar-refractivity contribution in [2.75, 3.05) is 13.2 Å². The number of amides is 1. The molecule has 0 radical (unpaired) electrons. The number of primary amides is 1. The van der Waals surface area contributed by atoms with Gasteiger partial charge >= 0.3 is 0 Å². The molecule has 0 saturated heterocycles. The molecular weight excluding hydrogens is 339 g/mol. The summed E-state index contributed by atoms with van der Waals surface area (Å²) >= 11 is 0. The zero-order chi connectivity index (χ0) is 19.1. The van der Waals surface area contributed by atoms with Crippen LogP contribution in [0.5, 0.6) is 17.2 Å². The first-order valence-corrected chi connectivity index (χ1v) is 8.28. The van der Waals surface area contributed by atoms with E-state index in [4.69, 9.17) is 15.2 Å². The largest absolute Gasteiger partial charge is 0.507 e. The monoisotopic (exact) mass is 362 g/mol. The van der Waals surface area contributed by atoms with E-state index in [1.54, 1.807) is 6.07 Å². The van der Waals surface area contributed by atoms with Gasteiger partial charge in [-0.2, -0.15) is 0 Å². The Morgan fingerprint density at radius 2 is 2.04 bits per heavy atom. The van der Waals surface area contributed by atoms with Crippen molar-refractivity contribution in [1.82, 2.24) is 5.32 Å². The average molecular weight is 362 g/mol. The fourth-order valence-corrected chi connectivity index (χ4v) is 2.25. The van der Waals surface area contributed by atoms with Crippen LogP contribution in [-0.4, -0.2) is 30.3 Å². The fourth-order valence-electron chi connectivity index (χ4n) is 2.25. The quantitative estimate of drug-likeness (QED) is 0.596. The summed E-state index contributed by atoms with van der Waals surface area (Å²) in [4.78, 5) is 11.1. The predicted molar refractivity (Wildman–Crippen MR) is 95.9 cm³/mol. The molecule has 2 aromatic rings. The van der Waals surface area contributed by atoms with E-state index >= 15 is 0 Å². The van der Waals surface area contributed by atoms with Crippen LogP contribution in [0.25, 0.3) is 0 Å². The van der Waals surface area contributed by atoms with Gasteiger partial charge in [0.1, 0.15) is 11.5 Å². The highest BCUT2D eigenvalue weighted by Crippen LogP contribution is 2.29. The van der Waals surface area contributed by atoms with E-state index in [1.807, 2.05) is 13.8 Å². The molecule has 26 heavy (non-hydrogen) atoms. The molecule has 0 heterocycles. The van der Waals surface area contributed by atoms with Crippen molar-refractivity contribution >= 4 is 5.91 Å². The third-order valence-electron chi connectivity index (χ3n) is 3.52. The molecule has 2 rings (SSSR count). The van der Waals surface area contributed by atoms with Crippen LogP contribution in [0.15, 0.2) is 36.4 Å². The summed E-state index contributed by atoms with van der Waals surface area (Å²) in [5.74, 6) is -1.39. The highest BCUT2D eigenvalue weighted by atomic mass is 19.1.